The number of halogens is 6. The van der Waals surface area contributed by atoms with Crippen molar-refractivity contribution in [1.82, 2.24) is 9.88 Å². The number of pyridine rings is 1. The van der Waals surface area contributed by atoms with Gasteiger partial charge in [-0.3, -0.25) is 5.73 Å². The van der Waals surface area contributed by atoms with Crippen LogP contribution in [0.1, 0.15) is 35.8 Å². The van der Waals surface area contributed by atoms with Crippen LogP contribution in [0.15, 0.2) is 59.5 Å². The number of rotatable bonds is 6. The number of nitrogens with zero attached hydrogens (tertiary/aromatic N) is 3. The minimum absolute atomic E-state index is 0.00780. The van der Waals surface area contributed by atoms with E-state index in [2.05, 4.69) is 4.98 Å². The Kier molecular flexibility index (Phi) is 7.23. The van der Waals surface area contributed by atoms with Crippen molar-refractivity contribution < 1.29 is 39.5 Å². The molecular weight excluding hydrogens is 588 g/mol. The summed E-state index contributed by atoms with van der Waals surface area (Å²) in [5, 5.41) is 0. The van der Waals surface area contributed by atoms with Crippen molar-refractivity contribution in [3.63, 3.8) is 0 Å². The molecule has 1 aromatic heterocycles. The summed E-state index contributed by atoms with van der Waals surface area (Å²) in [7, 11) is -2.41. The van der Waals surface area contributed by atoms with Gasteiger partial charge < -0.3 is 15.4 Å². The predicted octanol–water partition coefficient (Wildman–Crippen LogP) is 4.80. The van der Waals surface area contributed by atoms with E-state index in [1.165, 1.54) is 48.4 Å². The molecule has 0 bridgehead atoms. The zero-order chi connectivity index (χ0) is 30.8. The third-order valence-electron chi connectivity index (χ3n) is 7.61. The van der Waals surface area contributed by atoms with Gasteiger partial charge in [0.2, 0.25) is 0 Å². The number of methoxy groups -OCH3 is 1. The highest BCUT2D eigenvalue weighted by molar-refractivity contribution is 7.90. The molecule has 2 aliphatic rings. The molecule has 2 heterocycles. The van der Waals surface area contributed by atoms with Crippen molar-refractivity contribution in [3.05, 3.63) is 71.4 Å². The van der Waals surface area contributed by atoms with Gasteiger partial charge in [0.05, 0.1) is 29.7 Å². The molecule has 2 unspecified atom stereocenters. The van der Waals surface area contributed by atoms with Gasteiger partial charge in [-0.05, 0) is 60.9 Å². The lowest BCUT2D eigenvalue weighted by molar-refractivity contribution is -0.212. The van der Waals surface area contributed by atoms with E-state index >= 15 is 0 Å². The highest BCUT2D eigenvalue weighted by atomic mass is 32.2. The van der Waals surface area contributed by atoms with Crippen molar-refractivity contribution >= 4 is 15.5 Å². The Hall–Kier alpha value is -3.40. The summed E-state index contributed by atoms with van der Waals surface area (Å²) in [4.78, 5) is 6.69. The van der Waals surface area contributed by atoms with E-state index in [0.717, 1.165) is 23.3 Å². The van der Waals surface area contributed by atoms with Crippen molar-refractivity contribution in [3.8, 4) is 17.0 Å². The number of hydrogen-bond acceptors (Lipinski definition) is 8. The molecule has 5 rings (SSSR count). The van der Waals surface area contributed by atoms with Crippen molar-refractivity contribution in [1.29, 1.82) is 0 Å². The van der Waals surface area contributed by atoms with Crippen molar-refractivity contribution in [2.24, 2.45) is 11.5 Å². The highest BCUT2D eigenvalue weighted by Gasteiger charge is 2.70. The van der Waals surface area contributed by atoms with Gasteiger partial charge in [-0.2, -0.15) is 26.3 Å². The highest BCUT2D eigenvalue weighted by Crippen LogP contribution is 2.57. The maximum absolute atomic E-state index is 14.3. The molecule has 0 saturated heterocycles. The Bertz CT molecular complexity index is 1630. The molecule has 0 radical (unpaired) electrons. The molecule has 2 aromatic carbocycles. The molecule has 42 heavy (non-hydrogen) atoms. The van der Waals surface area contributed by atoms with Crippen LogP contribution in [-0.2, 0) is 22.6 Å². The van der Waals surface area contributed by atoms with Crippen LogP contribution in [0.4, 0.5) is 32.0 Å². The van der Waals surface area contributed by atoms with Crippen LogP contribution in [0.2, 0.25) is 0 Å². The van der Waals surface area contributed by atoms with Crippen LogP contribution in [0.5, 0.6) is 5.75 Å². The number of anilines is 1. The standard InChI is InChI=1S/C27H27F6N5O3S/c1-41-20-9-6-16(13-21(20)42(2,39)40)18-7-8-19-22(36-18)23(34)38(25(10-11-25)27(31,32)33)24(35)37(19)14-15-4-3-5-17(12-15)26(28,29)30/h3-9,12-13,23-24H,10-11,14,34-35H2,1-2H3. The first-order valence-electron chi connectivity index (χ1n) is 12.7. The SMILES string of the molecule is COc1ccc(-c2ccc3c(n2)C(N)N(C2(C(F)(F)F)CC2)C(N)N3Cc2cccc(C(F)(F)F)c2)cc1S(C)(=O)=O. The topological polar surface area (TPSA) is 115 Å². The monoisotopic (exact) mass is 615 g/mol. The zero-order valence-corrected chi connectivity index (χ0v) is 23.2. The Morgan fingerprint density at radius 1 is 1.02 bits per heavy atom. The van der Waals surface area contributed by atoms with Gasteiger partial charge in [-0.15, -0.1) is 0 Å². The van der Waals surface area contributed by atoms with E-state index in [9.17, 15) is 34.8 Å². The van der Waals surface area contributed by atoms with Crippen molar-refractivity contribution in [2.75, 3.05) is 18.3 Å². The molecule has 1 saturated carbocycles. The summed E-state index contributed by atoms with van der Waals surface area (Å²) in [6, 6.07) is 11.8. The first-order chi connectivity index (χ1) is 19.5. The summed E-state index contributed by atoms with van der Waals surface area (Å²) in [6.07, 6.45) is -11.7. The summed E-state index contributed by atoms with van der Waals surface area (Å²) in [6.45, 7) is -0.267. The first-order valence-corrected chi connectivity index (χ1v) is 14.6. The summed E-state index contributed by atoms with van der Waals surface area (Å²) in [5.41, 5.74) is 10.5. The maximum atomic E-state index is 14.3. The minimum Gasteiger partial charge on any atom is -0.495 e. The molecular formula is C27H27F6N5O3S. The number of nitrogens with two attached hydrogens (primary N) is 2. The fourth-order valence-electron chi connectivity index (χ4n) is 5.35. The molecule has 1 fully saturated rings. The van der Waals surface area contributed by atoms with Gasteiger partial charge in [0.25, 0.3) is 0 Å². The van der Waals surface area contributed by atoms with Crippen LogP contribution < -0.4 is 21.1 Å². The molecule has 0 amide bonds. The molecule has 8 nitrogen and oxygen atoms in total. The molecule has 4 N–H and O–H groups in total. The van der Waals surface area contributed by atoms with E-state index < -0.39 is 45.7 Å². The number of aromatic nitrogens is 1. The first kappa shape index (κ1) is 30.1. The Morgan fingerprint density at radius 3 is 2.29 bits per heavy atom. The van der Waals surface area contributed by atoms with Gasteiger partial charge in [0.15, 0.2) is 9.84 Å². The lowest BCUT2D eigenvalue weighted by Gasteiger charge is -2.50. The lowest BCUT2D eigenvalue weighted by atomic mass is 10.0. The maximum Gasteiger partial charge on any atom is 0.416 e. The van der Waals surface area contributed by atoms with Gasteiger partial charge >= 0.3 is 12.4 Å². The second-order valence-electron chi connectivity index (χ2n) is 10.4. The van der Waals surface area contributed by atoms with E-state index in [1.54, 1.807) is 6.07 Å². The summed E-state index contributed by atoms with van der Waals surface area (Å²) in [5.74, 6) is 0.0983. The van der Waals surface area contributed by atoms with E-state index in [1.807, 2.05) is 0 Å². The van der Waals surface area contributed by atoms with Crippen LogP contribution >= 0.6 is 0 Å². The van der Waals surface area contributed by atoms with Gasteiger partial charge in [-0.1, -0.05) is 12.1 Å². The normalized spacial score (nSPS) is 20.8. The third kappa shape index (κ3) is 5.18. The summed E-state index contributed by atoms with van der Waals surface area (Å²) < 4.78 is 113. The predicted molar refractivity (Wildman–Crippen MR) is 142 cm³/mol. The zero-order valence-electron chi connectivity index (χ0n) is 22.4. The number of benzene rings is 2. The third-order valence-corrected chi connectivity index (χ3v) is 8.73. The molecule has 0 spiro atoms. The Labute approximate surface area is 237 Å². The van der Waals surface area contributed by atoms with Crippen LogP contribution in [-0.4, -0.2) is 49.7 Å². The fraction of sp³-hybridized carbons (Fsp3) is 0.370. The quantitative estimate of drug-likeness (QED) is 0.381. The molecule has 3 aromatic rings. The number of sulfone groups is 1. The number of hydrogen-bond donors (Lipinski definition) is 2. The van der Waals surface area contributed by atoms with E-state index in [0.29, 0.717) is 5.56 Å². The van der Waals surface area contributed by atoms with Gasteiger partial charge in [-0.25, -0.2) is 18.3 Å². The summed E-state index contributed by atoms with van der Waals surface area (Å²) >= 11 is 0. The number of alkyl halides is 6. The smallest absolute Gasteiger partial charge is 0.416 e. The average molecular weight is 616 g/mol. The van der Waals surface area contributed by atoms with Crippen LogP contribution in [0.25, 0.3) is 11.3 Å². The molecule has 2 atom stereocenters. The lowest BCUT2D eigenvalue weighted by Crippen LogP contribution is -2.67. The van der Waals surface area contributed by atoms with Gasteiger partial charge in [0.1, 0.15) is 28.6 Å². The molecule has 15 heteroatoms. The Balaban J connectivity index is 1.64. The van der Waals surface area contributed by atoms with Crippen LogP contribution in [0, 0.1) is 0 Å². The minimum atomic E-state index is -4.69. The number of ether oxygens (including phenoxy) is 1. The van der Waals surface area contributed by atoms with E-state index in [4.69, 9.17) is 16.2 Å². The molecule has 226 valence electrons. The fourth-order valence-corrected chi connectivity index (χ4v) is 6.21. The second kappa shape index (κ2) is 10.1. The number of fused-ring (bicyclic) bond motifs is 1. The second-order valence-corrected chi connectivity index (χ2v) is 12.3. The van der Waals surface area contributed by atoms with Gasteiger partial charge in [0, 0.05) is 18.4 Å². The van der Waals surface area contributed by atoms with Crippen LogP contribution in [0.3, 0.4) is 0 Å². The molecule has 1 aliphatic heterocycles. The van der Waals surface area contributed by atoms with Crippen molar-refractivity contribution in [2.45, 2.75) is 54.6 Å². The molecule has 1 aliphatic carbocycles. The van der Waals surface area contributed by atoms with E-state index in [-0.39, 0.29) is 52.7 Å². The largest absolute Gasteiger partial charge is 0.495 e. The average Bonchev–Trinajstić information content (AvgIpc) is 3.72. The Morgan fingerprint density at radius 2 is 1.71 bits per heavy atom.